The first-order valence-corrected chi connectivity index (χ1v) is 7.31. The molecule has 7 nitrogen and oxygen atoms in total. The van der Waals surface area contributed by atoms with Crippen molar-refractivity contribution in [2.45, 2.75) is 18.9 Å². The minimum atomic E-state index is -1.32. The van der Waals surface area contributed by atoms with Crippen molar-refractivity contribution in [3.63, 3.8) is 0 Å². The maximum atomic E-state index is 12.0. The number of nitrogens with one attached hydrogen (secondary N) is 1. The van der Waals surface area contributed by atoms with E-state index in [4.69, 9.17) is 12.2 Å². The average Bonchev–Trinajstić information content (AvgIpc) is 3.31. The van der Waals surface area contributed by atoms with Crippen LogP contribution in [0.1, 0.15) is 34.8 Å². The molecule has 1 aliphatic rings. The fourth-order valence-electron chi connectivity index (χ4n) is 2.19. The van der Waals surface area contributed by atoms with Gasteiger partial charge in [-0.3, -0.25) is 19.3 Å². The van der Waals surface area contributed by atoms with Crippen LogP contribution in [0, 0.1) is 4.77 Å². The Balaban J connectivity index is 2.01. The lowest BCUT2D eigenvalue weighted by molar-refractivity contribution is -0.255. The summed E-state index contributed by atoms with van der Waals surface area (Å²) in [6.07, 6.45) is 2.96. The molecule has 0 amide bonds. The molecule has 8 heteroatoms. The number of aliphatic imine (C=N–C) groups is 1. The van der Waals surface area contributed by atoms with Crippen LogP contribution in [0.5, 0.6) is 5.88 Å². The molecule has 1 fully saturated rings. The van der Waals surface area contributed by atoms with Gasteiger partial charge in [-0.25, -0.2) is 0 Å². The lowest BCUT2D eigenvalue weighted by Crippen LogP contribution is -2.21. The fraction of sp³-hybridized carbons (Fsp3) is 0.200. The van der Waals surface area contributed by atoms with Gasteiger partial charge < -0.3 is 15.0 Å². The summed E-state index contributed by atoms with van der Waals surface area (Å²) in [4.78, 5) is 29.3. The summed E-state index contributed by atoms with van der Waals surface area (Å²) < 4.78 is 1.67. The number of H-pyrrole nitrogens is 1. The quantitative estimate of drug-likeness (QED) is 0.643. The Hall–Kier alpha value is -2.74. The monoisotopic (exact) mass is 330 g/mol. The van der Waals surface area contributed by atoms with Gasteiger partial charge in [-0.15, -0.1) is 0 Å². The van der Waals surface area contributed by atoms with Crippen LogP contribution in [0.2, 0.25) is 0 Å². The standard InChI is InChI=1S/C15H13N3O4S/c19-12-11(13(20)18(10-4-5-10)15(23)17-12)7-16-9-3-1-2-8(6-9)14(21)22/h1-3,6-7,10,20H,4-5H2,(H,21,22)(H,17,19,23)/p-1. The number of aromatic amines is 1. The molecular weight excluding hydrogens is 318 g/mol. The summed E-state index contributed by atoms with van der Waals surface area (Å²) in [5, 5.41) is 21.1. The molecule has 0 spiro atoms. The van der Waals surface area contributed by atoms with Gasteiger partial charge in [0.2, 0.25) is 5.88 Å². The Morgan fingerprint density at radius 1 is 1.48 bits per heavy atom. The van der Waals surface area contributed by atoms with Crippen LogP contribution in [-0.2, 0) is 0 Å². The van der Waals surface area contributed by atoms with Crippen LogP contribution in [-0.4, -0.2) is 26.8 Å². The van der Waals surface area contributed by atoms with E-state index < -0.39 is 11.5 Å². The largest absolute Gasteiger partial charge is 0.545 e. The minimum absolute atomic E-state index is 0.0215. The van der Waals surface area contributed by atoms with Gasteiger partial charge in [0, 0.05) is 12.3 Å². The number of hydrogen-bond acceptors (Lipinski definition) is 6. The van der Waals surface area contributed by atoms with Gasteiger partial charge in [0.1, 0.15) is 5.56 Å². The van der Waals surface area contributed by atoms with E-state index in [0.717, 1.165) is 12.8 Å². The molecule has 0 atom stereocenters. The van der Waals surface area contributed by atoms with Crippen molar-refractivity contribution in [3.05, 3.63) is 50.5 Å². The number of rotatable bonds is 4. The number of benzene rings is 1. The molecule has 23 heavy (non-hydrogen) atoms. The van der Waals surface area contributed by atoms with Crippen molar-refractivity contribution < 1.29 is 15.0 Å². The second-order valence-electron chi connectivity index (χ2n) is 5.19. The zero-order valence-corrected chi connectivity index (χ0v) is 12.7. The zero-order chi connectivity index (χ0) is 16.6. The lowest BCUT2D eigenvalue weighted by Gasteiger charge is -2.09. The SMILES string of the molecule is O=C([O-])c1cccc(N=Cc2c(O)n(C3CC3)c(=S)[nH]c2=O)c1. The summed E-state index contributed by atoms with van der Waals surface area (Å²) in [7, 11) is 0. The molecule has 0 bridgehead atoms. The van der Waals surface area contributed by atoms with Gasteiger partial charge in [-0.2, -0.15) is 0 Å². The molecule has 0 saturated heterocycles. The Bertz CT molecular complexity index is 925. The Kier molecular flexibility index (Phi) is 3.83. The van der Waals surface area contributed by atoms with E-state index in [1.54, 1.807) is 6.07 Å². The highest BCUT2D eigenvalue weighted by molar-refractivity contribution is 7.71. The maximum Gasteiger partial charge on any atom is 0.264 e. The predicted octanol–water partition coefficient (Wildman–Crippen LogP) is 1.06. The number of carboxylic acids is 1. The molecule has 1 aliphatic carbocycles. The number of carbonyl (C=O) groups excluding carboxylic acids is 1. The van der Waals surface area contributed by atoms with Crippen molar-refractivity contribution in [1.29, 1.82) is 0 Å². The Labute approximate surface area is 135 Å². The first-order valence-electron chi connectivity index (χ1n) is 6.90. The first kappa shape index (κ1) is 15.2. The number of aromatic nitrogens is 2. The van der Waals surface area contributed by atoms with Crippen LogP contribution < -0.4 is 10.7 Å². The zero-order valence-electron chi connectivity index (χ0n) is 11.9. The predicted molar refractivity (Wildman–Crippen MR) is 83.8 cm³/mol. The number of aromatic hydroxyl groups is 1. The Morgan fingerprint density at radius 3 is 2.87 bits per heavy atom. The van der Waals surface area contributed by atoms with Crippen LogP contribution in [0.3, 0.4) is 0 Å². The van der Waals surface area contributed by atoms with E-state index in [1.807, 2.05) is 0 Å². The molecule has 118 valence electrons. The molecule has 1 aromatic heterocycles. The van der Waals surface area contributed by atoms with Crippen LogP contribution in [0.25, 0.3) is 0 Å². The van der Waals surface area contributed by atoms with E-state index in [1.165, 1.54) is 29.0 Å². The summed E-state index contributed by atoms with van der Waals surface area (Å²) in [5.74, 6) is -1.55. The summed E-state index contributed by atoms with van der Waals surface area (Å²) in [6, 6.07) is 5.87. The highest BCUT2D eigenvalue weighted by atomic mass is 32.1. The third-order valence-electron chi connectivity index (χ3n) is 3.49. The third kappa shape index (κ3) is 3.07. The maximum absolute atomic E-state index is 12.0. The van der Waals surface area contributed by atoms with Gasteiger partial charge in [0.25, 0.3) is 5.56 Å². The third-order valence-corrected chi connectivity index (χ3v) is 3.79. The second-order valence-corrected chi connectivity index (χ2v) is 5.58. The highest BCUT2D eigenvalue weighted by Gasteiger charge is 2.27. The van der Waals surface area contributed by atoms with Gasteiger partial charge >= 0.3 is 0 Å². The van der Waals surface area contributed by atoms with E-state index in [-0.39, 0.29) is 27.8 Å². The second kappa shape index (κ2) is 5.81. The summed E-state index contributed by atoms with van der Waals surface area (Å²) in [6.45, 7) is 0. The normalized spacial score (nSPS) is 14.3. The average molecular weight is 330 g/mol. The van der Waals surface area contributed by atoms with Gasteiger partial charge in [-0.05, 0) is 42.8 Å². The van der Waals surface area contributed by atoms with E-state index in [9.17, 15) is 19.8 Å². The van der Waals surface area contributed by atoms with Crippen molar-refractivity contribution in [2.75, 3.05) is 0 Å². The number of aromatic carboxylic acids is 1. The van der Waals surface area contributed by atoms with Crippen LogP contribution in [0.15, 0.2) is 34.1 Å². The number of hydrogen-bond donors (Lipinski definition) is 2. The van der Waals surface area contributed by atoms with E-state index >= 15 is 0 Å². The van der Waals surface area contributed by atoms with Crippen molar-refractivity contribution in [1.82, 2.24) is 9.55 Å². The van der Waals surface area contributed by atoms with Crippen molar-refractivity contribution in [2.24, 2.45) is 4.99 Å². The van der Waals surface area contributed by atoms with Gasteiger partial charge in [0.05, 0.1) is 11.7 Å². The van der Waals surface area contributed by atoms with E-state index in [0.29, 0.717) is 5.69 Å². The molecular formula is C15H12N3O4S-. The number of carboxylic acid groups (broad SMARTS) is 1. The van der Waals surface area contributed by atoms with Crippen molar-refractivity contribution in [3.8, 4) is 5.88 Å². The highest BCUT2D eigenvalue weighted by Crippen LogP contribution is 2.37. The fourth-order valence-corrected chi connectivity index (χ4v) is 2.52. The molecule has 2 aromatic rings. The molecule has 2 N–H and O–H groups in total. The number of carbonyl (C=O) groups is 1. The van der Waals surface area contributed by atoms with Crippen LogP contribution >= 0.6 is 12.2 Å². The van der Waals surface area contributed by atoms with Gasteiger partial charge in [0.15, 0.2) is 4.77 Å². The molecule has 0 unspecified atom stereocenters. The summed E-state index contributed by atoms with van der Waals surface area (Å²) >= 11 is 5.06. The minimum Gasteiger partial charge on any atom is -0.545 e. The van der Waals surface area contributed by atoms with Crippen LogP contribution in [0.4, 0.5) is 5.69 Å². The van der Waals surface area contributed by atoms with E-state index in [2.05, 4.69) is 9.98 Å². The summed E-state index contributed by atoms with van der Waals surface area (Å²) in [5.41, 5.74) is -0.272. The smallest absolute Gasteiger partial charge is 0.264 e. The van der Waals surface area contributed by atoms with Gasteiger partial charge in [-0.1, -0.05) is 12.1 Å². The number of nitrogens with zero attached hydrogens (tertiary/aromatic N) is 2. The molecule has 1 heterocycles. The molecule has 0 radical (unpaired) electrons. The Morgan fingerprint density at radius 2 is 2.22 bits per heavy atom. The first-order chi connectivity index (χ1) is 11.0. The molecule has 0 aliphatic heterocycles. The molecule has 1 saturated carbocycles. The molecule has 1 aromatic carbocycles. The lowest BCUT2D eigenvalue weighted by atomic mass is 10.2. The topological polar surface area (TPSA) is 111 Å². The molecule has 3 rings (SSSR count). The van der Waals surface area contributed by atoms with Crippen molar-refractivity contribution >= 4 is 30.1 Å².